The van der Waals surface area contributed by atoms with E-state index in [2.05, 4.69) is 10.3 Å². The minimum Gasteiger partial charge on any atom is -0.444 e. The fraction of sp³-hybridized carbons (Fsp3) is 0.167. The average Bonchev–Trinajstić information content (AvgIpc) is 3.10. The summed E-state index contributed by atoms with van der Waals surface area (Å²) in [5.41, 5.74) is -0.499. The fourth-order valence-corrected chi connectivity index (χ4v) is 2.12. The number of benzene rings is 2. The smallest absolute Gasteiger partial charge is 0.231 e. The van der Waals surface area contributed by atoms with Crippen molar-refractivity contribution in [3.8, 4) is 11.5 Å². The van der Waals surface area contributed by atoms with Crippen LogP contribution in [0.4, 0.5) is 28.9 Å². The van der Waals surface area contributed by atoms with Crippen LogP contribution < -0.4 is 5.32 Å². The van der Waals surface area contributed by atoms with E-state index in [1.165, 1.54) is 18.3 Å². The van der Waals surface area contributed by atoms with Crippen LogP contribution in [0, 0.1) is 30.2 Å². The van der Waals surface area contributed by atoms with Crippen molar-refractivity contribution in [2.45, 2.75) is 20.8 Å². The number of oxazole rings is 1. The molecule has 3 aromatic rings. The van der Waals surface area contributed by atoms with Gasteiger partial charge in [0.15, 0.2) is 11.6 Å². The second-order valence-electron chi connectivity index (χ2n) is 4.85. The van der Waals surface area contributed by atoms with E-state index in [0.29, 0.717) is 11.6 Å². The largest absolute Gasteiger partial charge is 0.444 e. The molecular weight excluding hydrogens is 336 g/mol. The van der Waals surface area contributed by atoms with Crippen LogP contribution in [0.3, 0.4) is 0 Å². The van der Waals surface area contributed by atoms with E-state index < -0.39 is 34.5 Å². The number of rotatable bonds is 3. The summed E-state index contributed by atoms with van der Waals surface area (Å²) in [6.45, 7) is 5.67. The first-order valence-corrected chi connectivity index (χ1v) is 7.58. The van der Waals surface area contributed by atoms with Gasteiger partial charge in [-0.05, 0) is 24.6 Å². The Balaban J connectivity index is 0.00000109. The van der Waals surface area contributed by atoms with Crippen molar-refractivity contribution in [1.29, 1.82) is 0 Å². The highest BCUT2D eigenvalue weighted by molar-refractivity contribution is 5.78. The van der Waals surface area contributed by atoms with E-state index in [1.807, 2.05) is 13.8 Å². The fourth-order valence-electron chi connectivity index (χ4n) is 2.12. The number of nitrogens with one attached hydrogen (secondary N) is 1. The molecule has 0 saturated heterocycles. The summed E-state index contributed by atoms with van der Waals surface area (Å²) >= 11 is 0. The lowest BCUT2D eigenvalue weighted by Gasteiger charge is -2.13. The van der Waals surface area contributed by atoms with Crippen molar-refractivity contribution in [2.24, 2.45) is 0 Å². The first-order chi connectivity index (χ1) is 12.0. The number of hydrogen-bond donors (Lipinski definition) is 1. The highest BCUT2D eigenvalue weighted by atomic mass is 19.2. The summed E-state index contributed by atoms with van der Waals surface area (Å²) in [5.74, 6) is -4.79. The van der Waals surface area contributed by atoms with Crippen LogP contribution in [0.15, 0.2) is 41.1 Å². The normalized spacial score (nSPS) is 10.2. The number of hydrogen-bond acceptors (Lipinski definition) is 3. The van der Waals surface area contributed by atoms with E-state index in [1.54, 1.807) is 13.0 Å². The lowest BCUT2D eigenvalue weighted by molar-refractivity contribution is 0.495. The molecule has 1 N–H and O–H groups in total. The van der Waals surface area contributed by atoms with Gasteiger partial charge in [0.25, 0.3) is 0 Å². The Bertz CT molecular complexity index is 864. The van der Waals surface area contributed by atoms with Crippen LogP contribution in [-0.4, -0.2) is 4.98 Å². The first-order valence-electron chi connectivity index (χ1n) is 7.58. The Morgan fingerprint density at radius 1 is 0.960 bits per heavy atom. The van der Waals surface area contributed by atoms with Gasteiger partial charge in [0.05, 0.1) is 23.1 Å². The molecule has 0 fully saturated rings. The van der Waals surface area contributed by atoms with Gasteiger partial charge in [0.2, 0.25) is 5.89 Å². The standard InChI is InChI=1S/C16H10F4N2O.C2H6/c1-8-2-3-12(9(17)6-8)22-15-13(16-21-4-5-23-16)10(18)7-11(19)14(15)20;1-2/h2-7,22H,1H3;1-2H3. The maximum Gasteiger partial charge on any atom is 0.231 e. The number of nitrogens with zero attached hydrogens (tertiary/aromatic N) is 1. The topological polar surface area (TPSA) is 38.1 Å². The molecule has 0 aliphatic carbocycles. The Hall–Kier alpha value is -2.83. The van der Waals surface area contributed by atoms with E-state index in [4.69, 9.17) is 4.42 Å². The van der Waals surface area contributed by atoms with Crippen molar-refractivity contribution < 1.29 is 22.0 Å². The molecule has 0 amide bonds. The molecule has 0 bridgehead atoms. The zero-order valence-electron chi connectivity index (χ0n) is 13.8. The third-order valence-corrected chi connectivity index (χ3v) is 3.20. The molecule has 0 saturated carbocycles. The maximum atomic E-state index is 14.1. The third kappa shape index (κ3) is 3.81. The molecule has 2 aromatic carbocycles. The molecule has 1 aromatic heterocycles. The highest BCUT2D eigenvalue weighted by Crippen LogP contribution is 2.36. The third-order valence-electron chi connectivity index (χ3n) is 3.20. The second kappa shape index (κ2) is 7.83. The molecule has 7 heteroatoms. The van der Waals surface area contributed by atoms with E-state index in [9.17, 15) is 17.6 Å². The molecule has 0 unspecified atom stereocenters. The van der Waals surface area contributed by atoms with Gasteiger partial charge in [-0.1, -0.05) is 19.9 Å². The molecule has 1 heterocycles. The van der Waals surface area contributed by atoms with Gasteiger partial charge in [-0.3, -0.25) is 0 Å². The van der Waals surface area contributed by atoms with E-state index in [-0.39, 0.29) is 11.6 Å². The molecule has 3 nitrogen and oxygen atoms in total. The summed E-state index contributed by atoms with van der Waals surface area (Å²) in [6, 6.07) is 4.50. The van der Waals surface area contributed by atoms with Crippen LogP contribution in [0.1, 0.15) is 19.4 Å². The van der Waals surface area contributed by atoms with E-state index in [0.717, 1.165) is 6.26 Å². The molecule has 0 aliphatic rings. The van der Waals surface area contributed by atoms with E-state index >= 15 is 0 Å². The zero-order chi connectivity index (χ0) is 18.6. The number of aryl methyl sites for hydroxylation is 1. The molecule has 3 rings (SSSR count). The predicted molar refractivity (Wildman–Crippen MR) is 87.6 cm³/mol. The van der Waals surface area contributed by atoms with Gasteiger partial charge in [0.1, 0.15) is 17.9 Å². The van der Waals surface area contributed by atoms with Gasteiger partial charge in [-0.25, -0.2) is 22.5 Å². The molecule has 25 heavy (non-hydrogen) atoms. The van der Waals surface area contributed by atoms with Crippen LogP contribution in [0.25, 0.3) is 11.5 Å². The Morgan fingerprint density at radius 3 is 2.28 bits per heavy atom. The van der Waals surface area contributed by atoms with Crippen LogP contribution in [-0.2, 0) is 0 Å². The first kappa shape index (κ1) is 18.5. The van der Waals surface area contributed by atoms with Crippen LogP contribution >= 0.6 is 0 Å². The van der Waals surface area contributed by atoms with Gasteiger partial charge < -0.3 is 9.73 Å². The zero-order valence-corrected chi connectivity index (χ0v) is 13.8. The summed E-state index contributed by atoms with van der Waals surface area (Å²) in [5, 5.41) is 2.38. The van der Waals surface area contributed by atoms with Gasteiger partial charge >= 0.3 is 0 Å². The van der Waals surface area contributed by atoms with Crippen molar-refractivity contribution in [3.05, 3.63) is 65.6 Å². The summed E-state index contributed by atoms with van der Waals surface area (Å²) < 4.78 is 60.6. The number of anilines is 2. The second-order valence-corrected chi connectivity index (χ2v) is 4.85. The average molecular weight is 352 g/mol. The molecule has 132 valence electrons. The monoisotopic (exact) mass is 352 g/mol. The molecule has 0 spiro atoms. The summed E-state index contributed by atoms with van der Waals surface area (Å²) in [7, 11) is 0. The predicted octanol–water partition coefficient (Wildman–Crippen LogP) is 5.98. The van der Waals surface area contributed by atoms with Crippen LogP contribution in [0.2, 0.25) is 0 Å². The van der Waals surface area contributed by atoms with Crippen LogP contribution in [0.5, 0.6) is 0 Å². The Labute approximate surface area is 142 Å². The van der Waals surface area contributed by atoms with Crippen molar-refractivity contribution in [2.75, 3.05) is 5.32 Å². The summed E-state index contributed by atoms with van der Waals surface area (Å²) in [6.07, 6.45) is 2.39. The van der Waals surface area contributed by atoms with Gasteiger partial charge in [-0.15, -0.1) is 0 Å². The number of halogens is 4. The minimum absolute atomic E-state index is 0.132. The van der Waals surface area contributed by atoms with Crippen molar-refractivity contribution in [3.63, 3.8) is 0 Å². The van der Waals surface area contributed by atoms with Gasteiger partial charge in [0, 0.05) is 6.07 Å². The van der Waals surface area contributed by atoms with Crippen molar-refractivity contribution >= 4 is 11.4 Å². The maximum absolute atomic E-state index is 14.1. The Kier molecular flexibility index (Phi) is 5.80. The molecule has 0 radical (unpaired) electrons. The SMILES string of the molecule is CC.Cc1ccc(Nc2c(F)c(F)cc(F)c2-c2ncco2)c(F)c1. The molecule has 0 atom stereocenters. The molecular formula is C18H16F4N2O. The number of aromatic nitrogens is 1. The highest BCUT2D eigenvalue weighted by Gasteiger charge is 2.23. The quantitative estimate of drug-likeness (QED) is 0.466. The minimum atomic E-state index is -1.41. The molecule has 0 aliphatic heterocycles. The lowest BCUT2D eigenvalue weighted by atomic mass is 10.1. The van der Waals surface area contributed by atoms with Gasteiger partial charge in [-0.2, -0.15) is 0 Å². The van der Waals surface area contributed by atoms with Crippen molar-refractivity contribution in [1.82, 2.24) is 4.98 Å². The Morgan fingerprint density at radius 2 is 1.68 bits per heavy atom. The summed E-state index contributed by atoms with van der Waals surface area (Å²) in [4.78, 5) is 3.73. The lowest BCUT2D eigenvalue weighted by Crippen LogP contribution is -2.04.